The Morgan fingerprint density at radius 2 is 2.35 bits per heavy atom. The topological polar surface area (TPSA) is 59.2 Å². The number of hydrogen-bond acceptors (Lipinski definition) is 4. The zero-order valence-corrected chi connectivity index (χ0v) is 11.2. The Morgan fingerprint density at radius 1 is 1.59 bits per heavy atom. The Kier molecular flexibility index (Phi) is 3.66. The van der Waals surface area contributed by atoms with E-state index in [0.717, 1.165) is 25.2 Å². The highest BCUT2D eigenvalue weighted by Gasteiger charge is 2.26. The second kappa shape index (κ2) is 5.04. The molecule has 0 saturated carbocycles. The molecule has 0 bridgehead atoms. The van der Waals surface area contributed by atoms with Crippen LogP contribution in [-0.2, 0) is 11.2 Å². The number of aromatic nitrogens is 1. The van der Waals surface area contributed by atoms with Crippen LogP contribution in [0.25, 0.3) is 0 Å². The molecule has 2 rings (SSSR count). The van der Waals surface area contributed by atoms with Gasteiger partial charge in [0, 0.05) is 18.5 Å². The molecule has 0 radical (unpaired) electrons. The molecule has 2 unspecified atom stereocenters. The minimum atomic E-state index is 0.175. The van der Waals surface area contributed by atoms with Gasteiger partial charge in [0.05, 0.1) is 12.1 Å². The van der Waals surface area contributed by atoms with Crippen LogP contribution in [0.5, 0.6) is 0 Å². The predicted molar refractivity (Wildman–Crippen MR) is 69.8 cm³/mol. The fourth-order valence-electron chi connectivity index (χ4n) is 2.16. The zero-order valence-electron chi connectivity index (χ0n) is 10.3. The maximum Gasteiger partial charge on any atom is 0.228 e. The van der Waals surface area contributed by atoms with E-state index in [9.17, 15) is 4.79 Å². The van der Waals surface area contributed by atoms with Crippen molar-refractivity contribution in [1.29, 1.82) is 0 Å². The number of nitrogens with two attached hydrogens (primary N) is 1. The molecule has 1 amide bonds. The van der Waals surface area contributed by atoms with Gasteiger partial charge in [-0.05, 0) is 18.3 Å². The van der Waals surface area contributed by atoms with Crippen LogP contribution in [0, 0.1) is 11.8 Å². The first kappa shape index (κ1) is 12.4. The number of carbonyl (C=O) groups excluding carboxylic acids is 1. The molecule has 0 spiro atoms. The van der Waals surface area contributed by atoms with Gasteiger partial charge in [-0.2, -0.15) is 0 Å². The Bertz CT molecular complexity index is 404. The molecule has 94 valence electrons. The number of thiazole rings is 1. The first-order valence-electron chi connectivity index (χ1n) is 6.04. The smallest absolute Gasteiger partial charge is 0.228 e. The van der Waals surface area contributed by atoms with E-state index in [1.807, 2.05) is 10.3 Å². The summed E-state index contributed by atoms with van der Waals surface area (Å²) in [6.07, 6.45) is 1.49. The molecule has 4 nitrogen and oxygen atoms in total. The molecule has 1 aromatic heterocycles. The van der Waals surface area contributed by atoms with Gasteiger partial charge < -0.3 is 10.6 Å². The van der Waals surface area contributed by atoms with Crippen molar-refractivity contribution in [3.05, 3.63) is 11.1 Å². The Balaban J connectivity index is 1.92. The lowest BCUT2D eigenvalue weighted by atomic mass is 9.88. The Morgan fingerprint density at radius 3 is 2.94 bits per heavy atom. The van der Waals surface area contributed by atoms with Gasteiger partial charge in [0.25, 0.3) is 0 Å². The van der Waals surface area contributed by atoms with E-state index in [2.05, 4.69) is 18.8 Å². The van der Waals surface area contributed by atoms with Crippen LogP contribution in [-0.4, -0.2) is 28.9 Å². The Labute approximate surface area is 106 Å². The van der Waals surface area contributed by atoms with Gasteiger partial charge >= 0.3 is 0 Å². The highest BCUT2D eigenvalue weighted by Crippen LogP contribution is 2.23. The predicted octanol–water partition coefficient (Wildman–Crippen LogP) is 1.77. The molecule has 2 atom stereocenters. The van der Waals surface area contributed by atoms with E-state index >= 15 is 0 Å². The fourth-order valence-corrected chi connectivity index (χ4v) is 2.72. The third-order valence-corrected chi connectivity index (χ3v) is 4.31. The average molecular weight is 253 g/mol. The lowest BCUT2D eigenvalue weighted by Crippen LogP contribution is -2.42. The van der Waals surface area contributed by atoms with E-state index in [0.29, 0.717) is 23.4 Å². The maximum atomic E-state index is 12.1. The highest BCUT2D eigenvalue weighted by molar-refractivity contribution is 7.13. The largest absolute Gasteiger partial charge is 0.375 e. The van der Waals surface area contributed by atoms with E-state index in [4.69, 9.17) is 5.73 Å². The van der Waals surface area contributed by atoms with Crippen molar-refractivity contribution in [2.45, 2.75) is 26.7 Å². The molecule has 17 heavy (non-hydrogen) atoms. The summed E-state index contributed by atoms with van der Waals surface area (Å²) in [5.74, 6) is 1.48. The highest BCUT2D eigenvalue weighted by atomic mass is 32.1. The van der Waals surface area contributed by atoms with Crippen molar-refractivity contribution in [2.24, 2.45) is 11.8 Å². The summed E-state index contributed by atoms with van der Waals surface area (Å²) in [5.41, 5.74) is 6.35. The first-order chi connectivity index (χ1) is 8.06. The molecule has 0 aliphatic carbocycles. The van der Waals surface area contributed by atoms with Gasteiger partial charge in [0.1, 0.15) is 0 Å². The molecule has 2 heterocycles. The minimum absolute atomic E-state index is 0.175. The van der Waals surface area contributed by atoms with Crippen LogP contribution in [0.4, 0.5) is 5.13 Å². The third kappa shape index (κ3) is 2.97. The van der Waals surface area contributed by atoms with Gasteiger partial charge in [-0.25, -0.2) is 4.98 Å². The molecular weight excluding hydrogens is 234 g/mol. The van der Waals surface area contributed by atoms with Crippen LogP contribution >= 0.6 is 11.3 Å². The van der Waals surface area contributed by atoms with Gasteiger partial charge in [-0.3, -0.25) is 4.79 Å². The summed E-state index contributed by atoms with van der Waals surface area (Å²) in [5, 5.41) is 2.40. The van der Waals surface area contributed by atoms with E-state index in [1.165, 1.54) is 11.3 Å². The minimum Gasteiger partial charge on any atom is -0.375 e. The standard InChI is InChI=1S/C12H19N3OS/c1-8-3-4-15(6-9(8)2)11(16)5-10-7-17-12(13)14-10/h7-9H,3-6H2,1-2H3,(H2,13,14). The Hall–Kier alpha value is -1.10. The van der Waals surface area contributed by atoms with Gasteiger partial charge in [0.2, 0.25) is 5.91 Å². The van der Waals surface area contributed by atoms with Crippen LogP contribution < -0.4 is 5.73 Å². The van der Waals surface area contributed by atoms with Crippen LogP contribution in [0.1, 0.15) is 26.0 Å². The van der Waals surface area contributed by atoms with E-state index < -0.39 is 0 Å². The van der Waals surface area contributed by atoms with Crippen molar-refractivity contribution in [1.82, 2.24) is 9.88 Å². The van der Waals surface area contributed by atoms with Crippen molar-refractivity contribution >= 4 is 22.4 Å². The summed E-state index contributed by atoms with van der Waals surface area (Å²) >= 11 is 1.39. The number of rotatable bonds is 2. The van der Waals surface area contributed by atoms with E-state index in [-0.39, 0.29) is 5.91 Å². The summed E-state index contributed by atoms with van der Waals surface area (Å²) in [6, 6.07) is 0. The van der Waals surface area contributed by atoms with Gasteiger partial charge in [-0.1, -0.05) is 13.8 Å². The van der Waals surface area contributed by atoms with Crippen molar-refractivity contribution < 1.29 is 4.79 Å². The summed E-state index contributed by atoms with van der Waals surface area (Å²) in [7, 11) is 0. The molecule has 2 N–H and O–H groups in total. The molecular formula is C12H19N3OS. The lowest BCUT2D eigenvalue weighted by Gasteiger charge is -2.35. The summed E-state index contributed by atoms with van der Waals surface area (Å²) in [4.78, 5) is 18.2. The number of carbonyl (C=O) groups is 1. The second-order valence-electron chi connectivity index (χ2n) is 4.94. The second-order valence-corrected chi connectivity index (χ2v) is 5.83. The molecule has 0 aromatic carbocycles. The number of hydrogen-bond donors (Lipinski definition) is 1. The average Bonchev–Trinajstić information content (AvgIpc) is 2.68. The van der Waals surface area contributed by atoms with Gasteiger partial charge in [0.15, 0.2) is 5.13 Å². The third-order valence-electron chi connectivity index (χ3n) is 3.59. The van der Waals surface area contributed by atoms with Crippen LogP contribution in [0.3, 0.4) is 0 Å². The van der Waals surface area contributed by atoms with Crippen LogP contribution in [0.15, 0.2) is 5.38 Å². The molecule has 1 aromatic rings. The number of nitrogen functional groups attached to an aromatic ring is 1. The fraction of sp³-hybridized carbons (Fsp3) is 0.667. The number of amides is 1. The molecule has 1 fully saturated rings. The number of piperidine rings is 1. The molecule has 1 saturated heterocycles. The number of anilines is 1. The molecule has 5 heteroatoms. The van der Waals surface area contributed by atoms with Crippen molar-refractivity contribution in [2.75, 3.05) is 18.8 Å². The van der Waals surface area contributed by atoms with Crippen molar-refractivity contribution in [3.63, 3.8) is 0 Å². The van der Waals surface area contributed by atoms with E-state index in [1.54, 1.807) is 0 Å². The van der Waals surface area contributed by atoms with Gasteiger partial charge in [-0.15, -0.1) is 11.3 Å². The summed E-state index contributed by atoms with van der Waals surface area (Å²) in [6.45, 7) is 6.22. The number of likely N-dealkylation sites (tertiary alicyclic amines) is 1. The normalized spacial score (nSPS) is 24.9. The SMILES string of the molecule is CC1CCN(C(=O)Cc2csc(N)n2)CC1C. The maximum absolute atomic E-state index is 12.1. The number of nitrogens with zero attached hydrogens (tertiary/aromatic N) is 2. The molecule has 1 aliphatic rings. The quantitative estimate of drug-likeness (QED) is 0.874. The van der Waals surface area contributed by atoms with Crippen molar-refractivity contribution in [3.8, 4) is 0 Å². The molecule has 1 aliphatic heterocycles. The first-order valence-corrected chi connectivity index (χ1v) is 6.92. The summed E-state index contributed by atoms with van der Waals surface area (Å²) < 4.78 is 0. The monoisotopic (exact) mass is 253 g/mol. The van der Waals surface area contributed by atoms with Crippen LogP contribution in [0.2, 0.25) is 0 Å². The zero-order chi connectivity index (χ0) is 12.4. The lowest BCUT2D eigenvalue weighted by molar-refractivity contribution is -0.132.